The number of benzene rings is 2. The van der Waals surface area contributed by atoms with E-state index in [-0.39, 0.29) is 11.3 Å². The van der Waals surface area contributed by atoms with Crippen LogP contribution in [0, 0.1) is 25.2 Å². The van der Waals surface area contributed by atoms with E-state index in [0.717, 1.165) is 28.4 Å². The summed E-state index contributed by atoms with van der Waals surface area (Å²) in [5, 5.41) is 21.5. The van der Waals surface area contributed by atoms with Crippen molar-refractivity contribution in [3.63, 3.8) is 0 Å². The van der Waals surface area contributed by atoms with Crippen molar-refractivity contribution in [1.82, 2.24) is 4.57 Å². The van der Waals surface area contributed by atoms with Crippen LogP contribution in [0.25, 0.3) is 11.8 Å². The van der Waals surface area contributed by atoms with Crippen LogP contribution in [0.3, 0.4) is 0 Å². The number of aryl methyl sites for hydroxylation is 1. The fraction of sp³-hybridized carbons (Fsp3) is 0.167. The maximum Gasteiger partial charge on any atom is 0.266 e. The van der Waals surface area contributed by atoms with Crippen LogP contribution in [0.4, 0.5) is 5.69 Å². The molecule has 0 unspecified atom stereocenters. The molecule has 0 fully saturated rings. The molecule has 0 radical (unpaired) electrons. The number of anilines is 1. The highest BCUT2D eigenvalue weighted by Crippen LogP contribution is 2.25. The Kier molecular flexibility index (Phi) is 6.23. The van der Waals surface area contributed by atoms with E-state index in [2.05, 4.69) is 9.88 Å². The van der Waals surface area contributed by atoms with Crippen LogP contribution >= 0.6 is 0 Å². The molecule has 0 saturated carbocycles. The maximum atomic E-state index is 12.5. The van der Waals surface area contributed by atoms with Crippen molar-refractivity contribution in [2.75, 3.05) is 11.9 Å². The average molecular weight is 401 g/mol. The molecule has 1 heterocycles. The maximum absolute atomic E-state index is 12.5. The molecule has 0 saturated heterocycles. The van der Waals surface area contributed by atoms with Crippen molar-refractivity contribution in [1.29, 1.82) is 5.26 Å². The molecule has 3 rings (SSSR count). The number of nitriles is 1. The van der Waals surface area contributed by atoms with E-state index >= 15 is 0 Å². The van der Waals surface area contributed by atoms with E-state index in [1.165, 1.54) is 12.1 Å². The number of aromatic nitrogens is 1. The van der Waals surface area contributed by atoms with Gasteiger partial charge in [0.25, 0.3) is 5.91 Å². The van der Waals surface area contributed by atoms with Gasteiger partial charge < -0.3 is 19.7 Å². The van der Waals surface area contributed by atoms with Crippen molar-refractivity contribution < 1.29 is 14.6 Å². The van der Waals surface area contributed by atoms with Gasteiger partial charge in [0.2, 0.25) is 0 Å². The van der Waals surface area contributed by atoms with Gasteiger partial charge >= 0.3 is 0 Å². The Bertz CT molecular complexity index is 1120. The molecular weight excluding hydrogens is 378 g/mol. The number of ether oxygens (including phenoxy) is 1. The SMILES string of the molecule is CCOc1ccc(-n2c(C)cc(/C=C(/C#N)C(=O)Nc3ccc(O)cc3)c2C)cc1. The molecule has 30 heavy (non-hydrogen) atoms. The molecule has 1 amide bonds. The van der Waals surface area contributed by atoms with Crippen molar-refractivity contribution in [3.05, 3.63) is 77.1 Å². The van der Waals surface area contributed by atoms with E-state index in [1.54, 1.807) is 18.2 Å². The van der Waals surface area contributed by atoms with Crippen molar-refractivity contribution in [3.8, 4) is 23.3 Å². The second-order valence-corrected chi connectivity index (χ2v) is 6.76. The molecule has 0 atom stereocenters. The number of phenols is 1. The highest BCUT2D eigenvalue weighted by molar-refractivity contribution is 6.09. The predicted molar refractivity (Wildman–Crippen MR) is 117 cm³/mol. The number of amides is 1. The zero-order valence-electron chi connectivity index (χ0n) is 17.1. The molecule has 2 N–H and O–H groups in total. The summed E-state index contributed by atoms with van der Waals surface area (Å²) < 4.78 is 7.56. The van der Waals surface area contributed by atoms with Crippen LogP contribution in [0.15, 0.2) is 60.2 Å². The number of hydrogen-bond donors (Lipinski definition) is 2. The van der Waals surface area contributed by atoms with Gasteiger partial charge in [-0.25, -0.2) is 0 Å². The number of carbonyl (C=O) groups is 1. The number of nitrogens with zero attached hydrogens (tertiary/aromatic N) is 2. The first-order valence-corrected chi connectivity index (χ1v) is 9.57. The Hall–Kier alpha value is -3.98. The summed E-state index contributed by atoms with van der Waals surface area (Å²) in [6.07, 6.45) is 1.59. The lowest BCUT2D eigenvalue weighted by molar-refractivity contribution is -0.112. The number of carbonyl (C=O) groups excluding carboxylic acids is 1. The molecular formula is C24H23N3O3. The van der Waals surface area contributed by atoms with Gasteiger partial charge in [0.05, 0.1) is 6.61 Å². The molecule has 6 heteroatoms. The minimum absolute atomic E-state index is 0.00461. The summed E-state index contributed by atoms with van der Waals surface area (Å²) in [6.45, 7) is 6.47. The number of rotatable bonds is 6. The Morgan fingerprint density at radius 2 is 1.83 bits per heavy atom. The fourth-order valence-corrected chi connectivity index (χ4v) is 3.24. The predicted octanol–water partition coefficient (Wildman–Crippen LogP) is 4.74. The lowest BCUT2D eigenvalue weighted by Crippen LogP contribution is -2.13. The molecule has 0 spiro atoms. The number of nitrogens with one attached hydrogen (secondary N) is 1. The van der Waals surface area contributed by atoms with E-state index in [9.17, 15) is 15.2 Å². The third-order valence-electron chi connectivity index (χ3n) is 4.67. The van der Waals surface area contributed by atoms with E-state index in [0.29, 0.717) is 12.3 Å². The van der Waals surface area contributed by atoms with Crippen molar-refractivity contribution in [2.45, 2.75) is 20.8 Å². The molecule has 0 bridgehead atoms. The Balaban J connectivity index is 1.88. The minimum atomic E-state index is -0.505. The first kappa shape index (κ1) is 20.7. The standard InChI is InChI=1S/C24H23N3O3/c1-4-30-23-11-7-21(8-12-23)27-16(2)13-18(17(27)3)14-19(15-25)24(29)26-20-5-9-22(28)10-6-20/h5-14,28H,4H2,1-3H3,(H,26,29)/b19-14-. The molecule has 0 aliphatic carbocycles. The monoisotopic (exact) mass is 401 g/mol. The number of phenolic OH excluding ortho intramolecular Hbond substituents is 1. The van der Waals surface area contributed by atoms with Crippen LogP contribution in [0.1, 0.15) is 23.9 Å². The zero-order valence-corrected chi connectivity index (χ0v) is 17.1. The lowest BCUT2D eigenvalue weighted by Gasteiger charge is -2.11. The van der Waals surface area contributed by atoms with Crippen LogP contribution in [0.5, 0.6) is 11.5 Å². The average Bonchev–Trinajstić information content (AvgIpc) is 3.01. The second-order valence-electron chi connectivity index (χ2n) is 6.76. The highest BCUT2D eigenvalue weighted by Gasteiger charge is 2.14. The van der Waals surface area contributed by atoms with Crippen LogP contribution in [-0.4, -0.2) is 22.2 Å². The fourth-order valence-electron chi connectivity index (χ4n) is 3.24. The summed E-state index contributed by atoms with van der Waals surface area (Å²) >= 11 is 0. The van der Waals surface area contributed by atoms with E-state index in [4.69, 9.17) is 4.74 Å². The highest BCUT2D eigenvalue weighted by atomic mass is 16.5. The first-order chi connectivity index (χ1) is 14.4. The number of aromatic hydroxyl groups is 1. The summed E-state index contributed by atoms with van der Waals surface area (Å²) in [5.41, 5.74) is 4.16. The quantitative estimate of drug-likeness (QED) is 0.355. The number of hydrogen-bond acceptors (Lipinski definition) is 4. The van der Waals surface area contributed by atoms with Crippen molar-refractivity contribution >= 4 is 17.7 Å². The smallest absolute Gasteiger partial charge is 0.266 e. The van der Waals surface area contributed by atoms with Gasteiger partial charge in [-0.2, -0.15) is 5.26 Å². The van der Waals surface area contributed by atoms with E-state index in [1.807, 2.05) is 57.2 Å². The third-order valence-corrected chi connectivity index (χ3v) is 4.67. The summed E-state index contributed by atoms with van der Waals surface area (Å²) in [5.74, 6) is 0.404. The Labute approximate surface area is 175 Å². The van der Waals surface area contributed by atoms with Gasteiger partial charge in [-0.3, -0.25) is 4.79 Å². The minimum Gasteiger partial charge on any atom is -0.508 e. The third kappa shape index (κ3) is 4.53. The molecule has 6 nitrogen and oxygen atoms in total. The molecule has 2 aromatic carbocycles. The van der Waals surface area contributed by atoms with Crippen LogP contribution < -0.4 is 10.1 Å². The summed E-state index contributed by atoms with van der Waals surface area (Å²) in [4.78, 5) is 12.5. The zero-order chi connectivity index (χ0) is 21.7. The molecule has 3 aromatic rings. The second kappa shape index (κ2) is 9.01. The Morgan fingerprint density at radius 1 is 1.17 bits per heavy atom. The molecule has 152 valence electrons. The van der Waals surface area contributed by atoms with Gasteiger partial charge in [0.1, 0.15) is 23.1 Å². The topological polar surface area (TPSA) is 87.3 Å². The van der Waals surface area contributed by atoms with Crippen molar-refractivity contribution in [2.24, 2.45) is 0 Å². The van der Waals surface area contributed by atoms with Gasteiger partial charge in [-0.15, -0.1) is 0 Å². The first-order valence-electron chi connectivity index (χ1n) is 9.57. The summed E-state index contributed by atoms with van der Waals surface area (Å²) in [6, 6.07) is 17.8. The molecule has 0 aliphatic heterocycles. The van der Waals surface area contributed by atoms with Gasteiger partial charge in [0, 0.05) is 22.8 Å². The van der Waals surface area contributed by atoms with Gasteiger partial charge in [0.15, 0.2) is 0 Å². The molecule has 0 aliphatic rings. The normalized spacial score (nSPS) is 11.1. The van der Waals surface area contributed by atoms with Crippen LogP contribution in [-0.2, 0) is 4.79 Å². The van der Waals surface area contributed by atoms with Crippen LogP contribution in [0.2, 0.25) is 0 Å². The summed E-state index contributed by atoms with van der Waals surface area (Å²) in [7, 11) is 0. The Morgan fingerprint density at radius 3 is 2.43 bits per heavy atom. The lowest BCUT2D eigenvalue weighted by atomic mass is 10.1. The van der Waals surface area contributed by atoms with Gasteiger partial charge in [-0.05, 0) is 87.0 Å². The van der Waals surface area contributed by atoms with Gasteiger partial charge in [-0.1, -0.05) is 0 Å². The molecule has 1 aromatic heterocycles. The largest absolute Gasteiger partial charge is 0.508 e. The van der Waals surface area contributed by atoms with E-state index < -0.39 is 5.91 Å².